The summed E-state index contributed by atoms with van der Waals surface area (Å²) in [5, 5.41) is 0. The fourth-order valence-electron chi connectivity index (χ4n) is 4.79. The molecule has 2 aromatic carbocycles. The van der Waals surface area contributed by atoms with Crippen LogP contribution in [0, 0.1) is 25.7 Å². The van der Waals surface area contributed by atoms with Crippen molar-refractivity contribution in [2.24, 2.45) is 11.8 Å². The quantitative estimate of drug-likeness (QED) is 0.781. The number of halogens is 1. The van der Waals surface area contributed by atoms with Gasteiger partial charge in [0.2, 0.25) is 0 Å². The summed E-state index contributed by atoms with van der Waals surface area (Å²) in [6.45, 7) is 7.04. The van der Waals surface area contributed by atoms with Gasteiger partial charge in [-0.25, -0.2) is 0 Å². The number of nitrogens with zero attached hydrogens (tertiary/aromatic N) is 2. The van der Waals surface area contributed by atoms with Crippen LogP contribution in [0.15, 0.2) is 48.5 Å². The van der Waals surface area contributed by atoms with Crippen LogP contribution < -0.4 is 4.74 Å². The van der Waals surface area contributed by atoms with E-state index in [2.05, 4.69) is 43.1 Å². The molecule has 0 N–H and O–H groups in total. The highest BCUT2D eigenvalue weighted by Gasteiger charge is 2.47. The maximum absolute atomic E-state index is 12.7. The Morgan fingerprint density at radius 1 is 1.07 bits per heavy atom. The van der Waals surface area contributed by atoms with Gasteiger partial charge in [0.15, 0.2) is 6.61 Å². The molecular weight excluding hydrogens is 372 g/mol. The minimum absolute atomic E-state index is 0. The largest absolute Gasteiger partial charge is 0.484 e. The Morgan fingerprint density at radius 2 is 1.86 bits per heavy atom. The van der Waals surface area contributed by atoms with Crippen LogP contribution in [0.25, 0.3) is 0 Å². The van der Waals surface area contributed by atoms with Gasteiger partial charge in [0.1, 0.15) is 5.75 Å². The highest BCUT2D eigenvalue weighted by molar-refractivity contribution is 5.85. The molecule has 2 fully saturated rings. The van der Waals surface area contributed by atoms with Crippen molar-refractivity contribution in [3.63, 3.8) is 0 Å². The monoisotopic (exact) mass is 400 g/mol. The molecule has 2 saturated heterocycles. The zero-order valence-corrected chi connectivity index (χ0v) is 17.6. The van der Waals surface area contributed by atoms with Crippen LogP contribution >= 0.6 is 12.4 Å². The summed E-state index contributed by atoms with van der Waals surface area (Å²) in [7, 11) is 2.21. The number of carbonyl (C=O) groups is 1. The minimum Gasteiger partial charge on any atom is -0.484 e. The molecule has 0 bridgehead atoms. The third kappa shape index (κ3) is 4.03. The summed E-state index contributed by atoms with van der Waals surface area (Å²) in [6, 6.07) is 16.9. The second kappa shape index (κ2) is 8.54. The van der Waals surface area contributed by atoms with Crippen molar-refractivity contribution in [3.05, 3.63) is 65.2 Å². The molecular formula is C23H29ClN2O2. The molecule has 0 unspecified atom stereocenters. The maximum atomic E-state index is 12.7. The van der Waals surface area contributed by atoms with Gasteiger partial charge in [-0.1, -0.05) is 36.4 Å². The third-order valence-electron chi connectivity index (χ3n) is 6.11. The first kappa shape index (κ1) is 20.7. The van der Waals surface area contributed by atoms with Gasteiger partial charge in [-0.3, -0.25) is 9.69 Å². The van der Waals surface area contributed by atoms with Gasteiger partial charge < -0.3 is 9.64 Å². The number of rotatable bonds is 4. The molecule has 4 rings (SSSR count). The van der Waals surface area contributed by atoms with Crippen LogP contribution in [0.2, 0.25) is 0 Å². The van der Waals surface area contributed by atoms with E-state index >= 15 is 0 Å². The van der Waals surface area contributed by atoms with Crippen molar-refractivity contribution in [1.29, 1.82) is 0 Å². The number of likely N-dealkylation sites (tertiary alicyclic amines) is 2. The fraction of sp³-hybridized carbons (Fsp3) is 0.435. The van der Waals surface area contributed by atoms with Gasteiger partial charge in [-0.2, -0.15) is 0 Å². The highest BCUT2D eigenvalue weighted by Crippen LogP contribution is 2.44. The SMILES string of the molecule is Cc1cccc(OCC(=O)N2C[C@@H]3CN(C)[C@H](c4ccccc4C)[C@@H]3C2)c1.Cl. The molecule has 3 atom stereocenters. The average Bonchev–Trinajstić information content (AvgIpc) is 3.17. The second-order valence-corrected chi connectivity index (χ2v) is 8.07. The molecule has 0 aliphatic carbocycles. The molecule has 4 nitrogen and oxygen atoms in total. The van der Waals surface area contributed by atoms with Gasteiger partial charge >= 0.3 is 0 Å². The van der Waals surface area contributed by atoms with Crippen molar-refractivity contribution in [2.45, 2.75) is 19.9 Å². The van der Waals surface area contributed by atoms with Crippen molar-refractivity contribution >= 4 is 18.3 Å². The average molecular weight is 401 g/mol. The number of hydrogen-bond donors (Lipinski definition) is 0. The summed E-state index contributed by atoms with van der Waals surface area (Å²) < 4.78 is 5.73. The van der Waals surface area contributed by atoms with E-state index in [0.29, 0.717) is 17.9 Å². The third-order valence-corrected chi connectivity index (χ3v) is 6.11. The van der Waals surface area contributed by atoms with Crippen molar-refractivity contribution < 1.29 is 9.53 Å². The number of carbonyl (C=O) groups excluding carboxylic acids is 1. The summed E-state index contributed by atoms with van der Waals surface area (Å²) in [5.74, 6) is 1.90. The van der Waals surface area contributed by atoms with E-state index in [-0.39, 0.29) is 24.9 Å². The molecule has 2 aromatic rings. The Morgan fingerprint density at radius 3 is 2.61 bits per heavy atom. The topological polar surface area (TPSA) is 32.8 Å². The van der Waals surface area contributed by atoms with Gasteiger partial charge in [-0.15, -0.1) is 12.4 Å². The smallest absolute Gasteiger partial charge is 0.260 e. The predicted molar refractivity (Wildman–Crippen MR) is 114 cm³/mol. The van der Waals surface area contributed by atoms with E-state index < -0.39 is 0 Å². The normalized spacial score (nSPS) is 24.0. The number of ether oxygens (including phenoxy) is 1. The van der Waals surface area contributed by atoms with Gasteiger partial charge in [0.05, 0.1) is 0 Å². The Balaban J connectivity index is 0.00000225. The van der Waals surface area contributed by atoms with E-state index in [0.717, 1.165) is 30.9 Å². The van der Waals surface area contributed by atoms with E-state index in [1.807, 2.05) is 36.1 Å². The van der Waals surface area contributed by atoms with Crippen LogP contribution in [0.1, 0.15) is 22.7 Å². The van der Waals surface area contributed by atoms with E-state index in [1.54, 1.807) is 0 Å². The predicted octanol–water partition coefficient (Wildman–Crippen LogP) is 3.87. The maximum Gasteiger partial charge on any atom is 0.260 e. The Bertz CT molecular complexity index is 841. The van der Waals surface area contributed by atoms with Crippen molar-refractivity contribution in [3.8, 4) is 5.75 Å². The van der Waals surface area contributed by atoms with Crippen LogP contribution in [0.3, 0.4) is 0 Å². The summed E-state index contributed by atoms with van der Waals surface area (Å²) in [4.78, 5) is 17.2. The number of amides is 1. The standard InChI is InChI=1S/C23H28N2O2.ClH/c1-16-7-6-9-19(11-16)27-15-22(26)25-13-18-12-24(3)23(21(18)14-25)20-10-5-4-8-17(20)2;/h4-11,18,21,23H,12-15H2,1-3H3;1H/t18-,21+,23+;/m0./s1. The first-order valence-corrected chi connectivity index (χ1v) is 9.76. The molecule has 0 aromatic heterocycles. The molecule has 2 aliphatic rings. The van der Waals surface area contributed by atoms with Crippen molar-refractivity contribution in [2.75, 3.05) is 33.3 Å². The van der Waals surface area contributed by atoms with E-state index in [9.17, 15) is 4.79 Å². The Labute approximate surface area is 173 Å². The fourth-order valence-corrected chi connectivity index (χ4v) is 4.79. The molecule has 0 radical (unpaired) electrons. The first-order chi connectivity index (χ1) is 13.0. The zero-order valence-electron chi connectivity index (χ0n) is 16.8. The van der Waals surface area contributed by atoms with Crippen molar-refractivity contribution in [1.82, 2.24) is 9.80 Å². The molecule has 28 heavy (non-hydrogen) atoms. The second-order valence-electron chi connectivity index (χ2n) is 8.07. The van der Waals surface area contributed by atoms with E-state index in [4.69, 9.17) is 4.74 Å². The lowest BCUT2D eigenvalue weighted by Gasteiger charge is -2.28. The lowest BCUT2D eigenvalue weighted by atomic mass is 9.88. The summed E-state index contributed by atoms with van der Waals surface area (Å²) >= 11 is 0. The van der Waals surface area contributed by atoms with Crippen LogP contribution in [0.4, 0.5) is 0 Å². The number of benzene rings is 2. The number of aryl methyl sites for hydroxylation is 2. The molecule has 2 heterocycles. The lowest BCUT2D eigenvalue weighted by Crippen LogP contribution is -2.36. The molecule has 2 aliphatic heterocycles. The molecule has 0 saturated carbocycles. The number of fused-ring (bicyclic) bond motifs is 1. The zero-order chi connectivity index (χ0) is 19.0. The van der Waals surface area contributed by atoms with E-state index in [1.165, 1.54) is 11.1 Å². The molecule has 5 heteroatoms. The van der Waals surface area contributed by atoms with Crippen LogP contribution in [-0.4, -0.2) is 49.0 Å². The Kier molecular flexibility index (Phi) is 6.31. The van der Waals surface area contributed by atoms with Gasteiger partial charge in [0, 0.05) is 31.6 Å². The number of hydrogen-bond acceptors (Lipinski definition) is 3. The molecule has 150 valence electrons. The summed E-state index contributed by atoms with van der Waals surface area (Å²) in [5.41, 5.74) is 3.88. The molecule has 0 spiro atoms. The first-order valence-electron chi connectivity index (χ1n) is 9.76. The molecule has 1 amide bonds. The summed E-state index contributed by atoms with van der Waals surface area (Å²) in [6.07, 6.45) is 0. The van der Waals surface area contributed by atoms with Crippen LogP contribution in [-0.2, 0) is 4.79 Å². The highest BCUT2D eigenvalue weighted by atomic mass is 35.5. The van der Waals surface area contributed by atoms with Gasteiger partial charge in [0.25, 0.3) is 5.91 Å². The lowest BCUT2D eigenvalue weighted by molar-refractivity contribution is -0.132. The van der Waals surface area contributed by atoms with Gasteiger partial charge in [-0.05, 0) is 55.6 Å². The Hall–Kier alpha value is -2.04. The minimum atomic E-state index is 0. The van der Waals surface area contributed by atoms with Crippen LogP contribution in [0.5, 0.6) is 5.75 Å².